The predicted molar refractivity (Wildman–Crippen MR) is 142 cm³/mol. The van der Waals surface area contributed by atoms with Gasteiger partial charge in [0.2, 0.25) is 0 Å². The van der Waals surface area contributed by atoms with E-state index in [9.17, 15) is 25.2 Å². The molecule has 5 saturated carbocycles. The Morgan fingerprint density at radius 2 is 1.73 bits per heavy atom. The maximum Gasteiger partial charge on any atom is 0.338 e. The number of rotatable bonds is 7. The van der Waals surface area contributed by atoms with Gasteiger partial charge in [-0.2, -0.15) is 0 Å². The summed E-state index contributed by atoms with van der Waals surface area (Å²) >= 11 is 0. The fraction of sp³-hybridized carbons (Fsp3) is 0.767. The molecular weight excluding hydrogens is 534 g/mol. The third-order valence-corrected chi connectivity index (χ3v) is 12.3. The number of nitrogens with one attached hydrogen (secondary N) is 1. The second kappa shape index (κ2) is 9.17. The van der Waals surface area contributed by atoms with Crippen molar-refractivity contribution in [3.05, 3.63) is 35.9 Å². The van der Waals surface area contributed by atoms with Gasteiger partial charge in [-0.3, -0.25) is 0 Å². The normalized spacial score (nSPS) is 54.2. The summed E-state index contributed by atoms with van der Waals surface area (Å²) in [6, 6.07) is 8.15. The van der Waals surface area contributed by atoms with E-state index in [0.717, 1.165) is 0 Å². The first kappa shape index (κ1) is 28.1. The van der Waals surface area contributed by atoms with E-state index >= 15 is 0 Å². The number of carbonyl (C=O) groups excluding carboxylic acids is 1. The van der Waals surface area contributed by atoms with E-state index < -0.39 is 82.4 Å². The number of hydrogen-bond acceptors (Lipinski definition) is 11. The molecule has 5 aliphatic carbocycles. The van der Waals surface area contributed by atoms with E-state index in [1.807, 2.05) is 0 Å². The highest BCUT2D eigenvalue weighted by Gasteiger charge is 2.90. The molecule has 6 fully saturated rings. The third kappa shape index (κ3) is 3.02. The molecule has 6 aliphatic rings. The monoisotopic (exact) mass is 575 g/mol. The van der Waals surface area contributed by atoms with E-state index in [-0.39, 0.29) is 25.0 Å². The Hall–Kier alpha value is -1.67. The lowest BCUT2D eigenvalue weighted by atomic mass is 9.43. The maximum atomic E-state index is 13.5. The van der Waals surface area contributed by atoms with Crippen LogP contribution in [0.15, 0.2) is 30.3 Å². The number of fused-ring (bicyclic) bond motifs is 2. The van der Waals surface area contributed by atoms with Crippen molar-refractivity contribution in [2.24, 2.45) is 34.5 Å². The van der Waals surface area contributed by atoms with Crippen molar-refractivity contribution in [2.75, 3.05) is 41.6 Å². The fourth-order valence-electron chi connectivity index (χ4n) is 11.3. The van der Waals surface area contributed by atoms with E-state index in [0.29, 0.717) is 18.5 Å². The number of carbonyl (C=O) groups is 1. The molecule has 0 radical (unpaired) electrons. The Balaban J connectivity index is 1.45. The lowest BCUT2D eigenvalue weighted by Crippen LogP contribution is -2.80. The number of aliphatic hydroxyl groups excluding tert-OH is 2. The summed E-state index contributed by atoms with van der Waals surface area (Å²) in [5.41, 5.74) is -4.83. The lowest BCUT2D eigenvalue weighted by Gasteiger charge is -2.68. The predicted octanol–water partition coefficient (Wildman–Crippen LogP) is -0.655. The molecule has 1 aromatic rings. The first-order chi connectivity index (χ1) is 19.6. The van der Waals surface area contributed by atoms with Crippen LogP contribution in [-0.2, 0) is 23.7 Å². The molecular formula is C30H41NO10. The van der Waals surface area contributed by atoms with Crippen LogP contribution in [-0.4, -0.2) is 122 Å². The minimum Gasteiger partial charge on any atom is -0.455 e. The molecule has 1 saturated heterocycles. The van der Waals surface area contributed by atoms with Gasteiger partial charge in [0.05, 0.1) is 30.5 Å². The van der Waals surface area contributed by atoms with Crippen molar-refractivity contribution in [3.63, 3.8) is 0 Å². The van der Waals surface area contributed by atoms with Gasteiger partial charge >= 0.3 is 5.97 Å². The minimum absolute atomic E-state index is 0.0964. The molecule has 5 N–H and O–H groups in total. The number of esters is 1. The van der Waals surface area contributed by atoms with Crippen LogP contribution in [0.3, 0.4) is 0 Å². The second-order valence-corrected chi connectivity index (χ2v) is 13.2. The van der Waals surface area contributed by atoms with Crippen molar-refractivity contribution in [1.29, 1.82) is 0 Å². The van der Waals surface area contributed by atoms with Crippen LogP contribution >= 0.6 is 0 Å². The smallest absolute Gasteiger partial charge is 0.338 e. The van der Waals surface area contributed by atoms with Gasteiger partial charge in [-0.15, -0.1) is 0 Å². The third-order valence-electron chi connectivity index (χ3n) is 12.3. The van der Waals surface area contributed by atoms with Crippen molar-refractivity contribution in [1.82, 2.24) is 5.32 Å². The molecule has 0 aromatic heterocycles. The highest BCUT2D eigenvalue weighted by atomic mass is 16.6. The summed E-state index contributed by atoms with van der Waals surface area (Å²) in [6.07, 6.45) is -5.31. The Bertz CT molecular complexity index is 1200. The Kier molecular flexibility index (Phi) is 6.29. The Morgan fingerprint density at radius 3 is 2.37 bits per heavy atom. The Morgan fingerprint density at radius 1 is 1.00 bits per heavy atom. The topological polar surface area (TPSA) is 156 Å². The molecule has 1 spiro atoms. The largest absolute Gasteiger partial charge is 0.455 e. The average molecular weight is 576 g/mol. The number of methoxy groups -OCH3 is 4. The lowest BCUT2D eigenvalue weighted by molar-refractivity contribution is -0.307. The van der Waals surface area contributed by atoms with Crippen LogP contribution in [0.2, 0.25) is 0 Å². The molecule has 11 nitrogen and oxygen atoms in total. The number of ether oxygens (including phenoxy) is 5. The number of piperidine rings is 1. The maximum absolute atomic E-state index is 13.5. The summed E-state index contributed by atoms with van der Waals surface area (Å²) < 4.78 is 30.1. The van der Waals surface area contributed by atoms with Crippen molar-refractivity contribution in [3.8, 4) is 0 Å². The van der Waals surface area contributed by atoms with Gasteiger partial charge in [-0.25, -0.2) is 4.79 Å². The molecule has 7 bridgehead atoms. The van der Waals surface area contributed by atoms with Gasteiger partial charge in [0.15, 0.2) is 0 Å². The van der Waals surface area contributed by atoms with E-state index in [1.54, 1.807) is 51.7 Å². The average Bonchev–Trinajstić information content (AvgIpc) is 3.33. The zero-order valence-corrected chi connectivity index (χ0v) is 23.8. The van der Waals surface area contributed by atoms with Crippen LogP contribution in [0.1, 0.15) is 23.2 Å². The second-order valence-electron chi connectivity index (χ2n) is 13.2. The summed E-state index contributed by atoms with van der Waals surface area (Å²) in [5.74, 6) is -2.98. The molecule has 226 valence electrons. The van der Waals surface area contributed by atoms with Gasteiger partial charge in [0, 0.05) is 76.0 Å². The van der Waals surface area contributed by atoms with Gasteiger partial charge in [0.25, 0.3) is 0 Å². The van der Waals surface area contributed by atoms with Gasteiger partial charge in [-0.05, 0) is 24.5 Å². The standard InChI is InChI=1S/C30H41NO10/c1-37-13-27-12-31-22-19-20(39-3)21(27)29(22,17(38-2)10-16(27)32)15-11-28(35)24(41-26(34)14-8-6-5-7-9-14)18(15)30(19,36)23(33)25(28)40-4/h5-9,15-25,31-33,35-36H,10-13H2,1-4H3/t15-,16-,17+,18-,19+,20+,21-,22?,23+,24-,25+,27+,28-,29+,30-/m1/s1. The first-order valence-corrected chi connectivity index (χ1v) is 14.5. The highest BCUT2D eigenvalue weighted by molar-refractivity contribution is 5.89. The van der Waals surface area contributed by atoms with Crippen LogP contribution < -0.4 is 5.32 Å². The van der Waals surface area contributed by atoms with E-state index in [4.69, 9.17) is 23.7 Å². The molecule has 15 atom stereocenters. The minimum atomic E-state index is -1.86. The summed E-state index contributed by atoms with van der Waals surface area (Å²) in [7, 11) is 6.20. The molecule has 11 heteroatoms. The van der Waals surface area contributed by atoms with Crippen LogP contribution in [0.5, 0.6) is 0 Å². The van der Waals surface area contributed by atoms with Crippen LogP contribution in [0, 0.1) is 34.5 Å². The summed E-state index contributed by atoms with van der Waals surface area (Å²) in [5, 5.41) is 52.6. The highest BCUT2D eigenvalue weighted by Crippen LogP contribution is 2.78. The van der Waals surface area contributed by atoms with Crippen molar-refractivity contribution < 1.29 is 48.9 Å². The zero-order chi connectivity index (χ0) is 29.1. The van der Waals surface area contributed by atoms with E-state index in [2.05, 4.69) is 5.32 Å². The molecule has 1 aromatic carbocycles. The van der Waals surface area contributed by atoms with Crippen LogP contribution in [0.4, 0.5) is 0 Å². The number of benzene rings is 1. The van der Waals surface area contributed by atoms with Crippen LogP contribution in [0.25, 0.3) is 0 Å². The van der Waals surface area contributed by atoms with Gasteiger partial charge < -0.3 is 49.4 Å². The Labute approximate surface area is 239 Å². The number of aliphatic hydroxyl groups is 4. The molecule has 7 rings (SSSR count). The molecule has 1 heterocycles. The fourth-order valence-corrected chi connectivity index (χ4v) is 11.3. The molecule has 0 amide bonds. The summed E-state index contributed by atoms with van der Waals surface area (Å²) in [4.78, 5) is 13.5. The zero-order valence-electron chi connectivity index (χ0n) is 23.8. The molecule has 41 heavy (non-hydrogen) atoms. The van der Waals surface area contributed by atoms with Crippen molar-refractivity contribution >= 4 is 5.97 Å². The molecule has 1 unspecified atom stereocenters. The quantitative estimate of drug-likeness (QED) is 0.263. The van der Waals surface area contributed by atoms with Crippen molar-refractivity contribution in [2.45, 2.75) is 66.7 Å². The molecule has 1 aliphatic heterocycles. The van der Waals surface area contributed by atoms with Gasteiger partial charge in [-0.1, -0.05) is 18.2 Å². The van der Waals surface area contributed by atoms with Gasteiger partial charge in [0.1, 0.15) is 29.5 Å². The number of hydrogen-bond donors (Lipinski definition) is 5. The summed E-state index contributed by atoms with van der Waals surface area (Å²) in [6.45, 7) is 0.679. The first-order valence-electron chi connectivity index (χ1n) is 14.5. The SMILES string of the molecule is COC[C@]12CNC3[C@@H]4[C@H](OC)[C@H]1[C@@]3([C@@H](OC)C[C@H]2O)[C@@H]1C[C@@]2(O)[C@H](OC(=O)c3ccccc3)[C@@H]1[C@]4(O)[C@@H](O)[C@@H]2OC. The van der Waals surface area contributed by atoms with E-state index in [1.165, 1.54) is 7.11 Å².